The maximum Gasteiger partial charge on any atom is 0.263 e. The predicted octanol–water partition coefficient (Wildman–Crippen LogP) is 3.62. The number of nitrogens with zero attached hydrogens (tertiary/aromatic N) is 3. The fraction of sp³-hybridized carbons (Fsp3) is 0.526. The van der Waals surface area contributed by atoms with Gasteiger partial charge in [-0.1, -0.05) is 17.8 Å². The van der Waals surface area contributed by atoms with E-state index in [0.29, 0.717) is 17.6 Å². The lowest BCUT2D eigenvalue weighted by Gasteiger charge is -2.20. The molecule has 4 rings (SSSR count). The van der Waals surface area contributed by atoms with Gasteiger partial charge in [0, 0.05) is 19.6 Å². The van der Waals surface area contributed by atoms with Gasteiger partial charge in [0.15, 0.2) is 5.16 Å². The average Bonchev–Trinajstić information content (AvgIpc) is 3.16. The van der Waals surface area contributed by atoms with E-state index in [1.54, 1.807) is 10.6 Å². The van der Waals surface area contributed by atoms with Crippen LogP contribution in [0.15, 0.2) is 28.0 Å². The third-order valence-corrected chi connectivity index (χ3v) is 7.03. The summed E-state index contributed by atoms with van der Waals surface area (Å²) in [6, 6.07) is 0. The third kappa shape index (κ3) is 3.22. The molecule has 2 aromatic heterocycles. The van der Waals surface area contributed by atoms with Crippen LogP contribution in [-0.2, 0) is 11.3 Å². The topological polar surface area (TPSA) is 55.2 Å². The standard InChI is InChI=1S/C19H23N3O2S2/c1-3-8-22-18(24)15-14(13-6-7-13)11-25-16(15)20-19(22)26-12(2)17(23)21-9-4-5-10-21/h3,11-13H,1,4-10H2,2H3/t12-/m1/s1. The smallest absolute Gasteiger partial charge is 0.263 e. The third-order valence-electron chi connectivity index (χ3n) is 5.06. The van der Waals surface area contributed by atoms with E-state index in [4.69, 9.17) is 4.98 Å². The molecule has 5 nitrogen and oxygen atoms in total. The number of amides is 1. The van der Waals surface area contributed by atoms with Gasteiger partial charge in [0.05, 0.1) is 10.6 Å². The molecule has 0 unspecified atom stereocenters. The van der Waals surface area contributed by atoms with Gasteiger partial charge in [0.25, 0.3) is 5.56 Å². The molecule has 3 heterocycles. The van der Waals surface area contributed by atoms with Gasteiger partial charge >= 0.3 is 0 Å². The van der Waals surface area contributed by atoms with Gasteiger partial charge in [0.2, 0.25) is 5.91 Å². The minimum atomic E-state index is -0.253. The first-order valence-corrected chi connectivity index (χ1v) is 10.9. The van der Waals surface area contributed by atoms with E-state index >= 15 is 0 Å². The Bertz CT molecular complexity index is 907. The molecule has 0 aromatic carbocycles. The molecule has 0 spiro atoms. The normalized spacial score (nSPS) is 18.4. The monoisotopic (exact) mass is 389 g/mol. The molecule has 7 heteroatoms. The second-order valence-electron chi connectivity index (χ2n) is 7.04. The Morgan fingerprint density at radius 1 is 1.46 bits per heavy atom. The summed E-state index contributed by atoms with van der Waals surface area (Å²) in [7, 11) is 0. The van der Waals surface area contributed by atoms with E-state index in [1.165, 1.54) is 23.1 Å². The lowest BCUT2D eigenvalue weighted by Crippen LogP contribution is -2.34. The highest BCUT2D eigenvalue weighted by Crippen LogP contribution is 2.44. The number of thioether (sulfide) groups is 1. The molecule has 26 heavy (non-hydrogen) atoms. The van der Waals surface area contributed by atoms with Gasteiger partial charge in [-0.25, -0.2) is 4.98 Å². The molecule has 1 amide bonds. The van der Waals surface area contributed by atoms with E-state index < -0.39 is 0 Å². The van der Waals surface area contributed by atoms with Crippen LogP contribution in [0, 0.1) is 0 Å². The summed E-state index contributed by atoms with van der Waals surface area (Å²) >= 11 is 2.93. The first-order chi connectivity index (χ1) is 12.6. The van der Waals surface area contributed by atoms with E-state index in [1.807, 2.05) is 11.8 Å². The van der Waals surface area contributed by atoms with Crippen molar-refractivity contribution < 1.29 is 4.79 Å². The molecule has 1 aliphatic carbocycles. The number of thiophene rings is 1. The van der Waals surface area contributed by atoms with Crippen LogP contribution in [0.1, 0.15) is 44.1 Å². The SMILES string of the molecule is C=CCn1c(S[C@H](C)C(=O)N2CCCC2)nc2scc(C3CC3)c2c1=O. The minimum absolute atomic E-state index is 0.00127. The summed E-state index contributed by atoms with van der Waals surface area (Å²) in [5.74, 6) is 0.654. The highest BCUT2D eigenvalue weighted by Gasteiger charge is 2.30. The highest BCUT2D eigenvalue weighted by molar-refractivity contribution is 8.00. The van der Waals surface area contributed by atoms with Crippen molar-refractivity contribution in [3.05, 3.63) is 34.0 Å². The van der Waals surface area contributed by atoms with E-state index in [2.05, 4.69) is 12.0 Å². The van der Waals surface area contributed by atoms with Crippen molar-refractivity contribution in [1.29, 1.82) is 0 Å². The molecule has 0 bridgehead atoms. The van der Waals surface area contributed by atoms with Crippen LogP contribution in [0.2, 0.25) is 0 Å². The van der Waals surface area contributed by atoms with Crippen molar-refractivity contribution in [2.75, 3.05) is 13.1 Å². The summed E-state index contributed by atoms with van der Waals surface area (Å²) in [6.45, 7) is 7.78. The summed E-state index contributed by atoms with van der Waals surface area (Å²) in [5, 5.41) is 3.22. The zero-order valence-electron chi connectivity index (χ0n) is 14.9. The molecule has 1 saturated heterocycles. The first-order valence-electron chi connectivity index (χ1n) is 9.18. The van der Waals surface area contributed by atoms with E-state index in [-0.39, 0.29) is 16.7 Å². The summed E-state index contributed by atoms with van der Waals surface area (Å²) in [5.41, 5.74) is 1.15. The Hall–Kier alpha value is -1.60. The minimum Gasteiger partial charge on any atom is -0.342 e. The van der Waals surface area contributed by atoms with Crippen LogP contribution >= 0.6 is 23.1 Å². The van der Waals surface area contributed by atoms with E-state index in [9.17, 15) is 9.59 Å². The number of carbonyl (C=O) groups is 1. The van der Waals surface area contributed by atoms with Gasteiger partial charge < -0.3 is 4.90 Å². The van der Waals surface area contributed by atoms with Gasteiger partial charge in [-0.2, -0.15) is 0 Å². The fourth-order valence-electron chi connectivity index (χ4n) is 3.50. The van der Waals surface area contributed by atoms with Crippen molar-refractivity contribution in [1.82, 2.24) is 14.5 Å². The number of likely N-dealkylation sites (tertiary alicyclic amines) is 1. The molecule has 0 radical (unpaired) electrons. The fourth-order valence-corrected chi connectivity index (χ4v) is 5.57. The highest BCUT2D eigenvalue weighted by atomic mass is 32.2. The van der Waals surface area contributed by atoms with E-state index in [0.717, 1.165) is 54.6 Å². The Kier molecular flexibility index (Phi) is 4.92. The number of allylic oxidation sites excluding steroid dienone is 1. The van der Waals surface area contributed by atoms with Crippen molar-refractivity contribution in [3.63, 3.8) is 0 Å². The van der Waals surface area contributed by atoms with Crippen molar-refractivity contribution in [3.8, 4) is 0 Å². The van der Waals surface area contributed by atoms with Crippen LogP contribution in [0.25, 0.3) is 10.2 Å². The van der Waals surface area contributed by atoms with Crippen molar-refractivity contribution in [2.45, 2.75) is 55.5 Å². The summed E-state index contributed by atoms with van der Waals surface area (Å²) in [4.78, 5) is 33.2. The molecular weight excluding hydrogens is 366 g/mol. The number of hydrogen-bond donors (Lipinski definition) is 0. The van der Waals surface area contributed by atoms with Gasteiger partial charge in [-0.15, -0.1) is 17.9 Å². The molecule has 0 N–H and O–H groups in total. The predicted molar refractivity (Wildman–Crippen MR) is 107 cm³/mol. The largest absolute Gasteiger partial charge is 0.342 e. The summed E-state index contributed by atoms with van der Waals surface area (Å²) < 4.78 is 1.67. The lowest BCUT2D eigenvalue weighted by atomic mass is 10.1. The quantitative estimate of drug-likeness (QED) is 0.430. The van der Waals surface area contributed by atoms with Gasteiger partial charge in [0.1, 0.15) is 4.83 Å². The average molecular weight is 390 g/mol. The van der Waals surface area contributed by atoms with Crippen LogP contribution in [0.4, 0.5) is 0 Å². The molecule has 138 valence electrons. The Morgan fingerprint density at radius 2 is 2.19 bits per heavy atom. The van der Waals surface area contributed by atoms with Crippen LogP contribution in [-0.4, -0.2) is 38.7 Å². The second kappa shape index (κ2) is 7.19. The zero-order valence-corrected chi connectivity index (χ0v) is 16.6. The number of hydrogen-bond acceptors (Lipinski definition) is 5. The summed E-state index contributed by atoms with van der Waals surface area (Å²) in [6.07, 6.45) is 6.19. The number of fused-ring (bicyclic) bond motifs is 1. The number of aromatic nitrogens is 2. The Balaban J connectivity index is 1.69. The van der Waals surface area contributed by atoms with Gasteiger partial charge in [-0.05, 0) is 49.5 Å². The Morgan fingerprint density at radius 3 is 2.85 bits per heavy atom. The van der Waals surface area contributed by atoms with Crippen LogP contribution < -0.4 is 5.56 Å². The van der Waals surface area contributed by atoms with Gasteiger partial charge in [-0.3, -0.25) is 14.2 Å². The maximum absolute atomic E-state index is 13.1. The van der Waals surface area contributed by atoms with Crippen molar-refractivity contribution >= 4 is 39.2 Å². The van der Waals surface area contributed by atoms with Crippen LogP contribution in [0.3, 0.4) is 0 Å². The number of rotatable bonds is 6. The van der Waals surface area contributed by atoms with Crippen molar-refractivity contribution in [2.24, 2.45) is 0 Å². The van der Waals surface area contributed by atoms with Crippen LogP contribution in [0.5, 0.6) is 0 Å². The lowest BCUT2D eigenvalue weighted by molar-refractivity contribution is -0.129. The molecule has 2 aromatic rings. The number of carbonyl (C=O) groups excluding carboxylic acids is 1. The second-order valence-corrected chi connectivity index (χ2v) is 9.20. The Labute approximate surface area is 161 Å². The maximum atomic E-state index is 13.1. The molecule has 2 fully saturated rings. The molecule has 1 atom stereocenters. The molecule has 1 aliphatic heterocycles. The molecule has 1 saturated carbocycles. The zero-order chi connectivity index (χ0) is 18.3. The molecular formula is C19H23N3O2S2. The first kappa shape index (κ1) is 17.8. The molecule has 2 aliphatic rings.